The third kappa shape index (κ3) is 3.28. The van der Waals surface area contributed by atoms with E-state index in [1.807, 2.05) is 13.8 Å². The van der Waals surface area contributed by atoms with E-state index in [1.165, 1.54) is 6.08 Å². The van der Waals surface area contributed by atoms with Crippen LogP contribution in [0.4, 0.5) is 5.69 Å². The number of fused-ring (bicyclic) bond motifs is 2. The largest absolute Gasteiger partial charge is 0.505 e. The highest BCUT2D eigenvalue weighted by Crippen LogP contribution is 2.51. The Kier molecular flexibility index (Phi) is 4.98. The fourth-order valence-corrected chi connectivity index (χ4v) is 3.34. The number of rotatable bonds is 0. The number of ketones is 1. The van der Waals surface area contributed by atoms with E-state index in [0.717, 1.165) is 11.3 Å². The van der Waals surface area contributed by atoms with Gasteiger partial charge in [-0.15, -0.1) is 12.6 Å². The standard InChI is InChI=1S/C15H11Cl2NO2.O3S/c1-15(2)8-5-7(19)3-4-10(8)18-11-6-9(16)14(20)13(17)12(11)15;1-4(2)3/h3-6,20H,1-2H3;. The van der Waals surface area contributed by atoms with Crippen molar-refractivity contribution >= 4 is 51.0 Å². The molecule has 126 valence electrons. The van der Waals surface area contributed by atoms with Crippen molar-refractivity contribution in [1.82, 2.24) is 0 Å². The minimum atomic E-state index is -3.11. The number of allylic oxidation sites excluding steroid dienone is 4. The van der Waals surface area contributed by atoms with Gasteiger partial charge in [-0.25, -0.2) is 4.99 Å². The predicted molar refractivity (Wildman–Crippen MR) is 90.2 cm³/mol. The molecule has 9 heteroatoms. The average Bonchev–Trinajstić information content (AvgIpc) is 2.45. The van der Waals surface area contributed by atoms with E-state index in [9.17, 15) is 9.90 Å². The lowest BCUT2D eigenvalue weighted by atomic mass is 9.71. The maximum absolute atomic E-state index is 11.6. The first-order valence-corrected chi connectivity index (χ1v) is 8.32. The van der Waals surface area contributed by atoms with Gasteiger partial charge < -0.3 is 5.11 Å². The van der Waals surface area contributed by atoms with Gasteiger partial charge in [0.25, 0.3) is 0 Å². The van der Waals surface area contributed by atoms with Gasteiger partial charge in [-0.1, -0.05) is 37.0 Å². The van der Waals surface area contributed by atoms with E-state index in [4.69, 9.17) is 35.8 Å². The highest BCUT2D eigenvalue weighted by atomic mass is 35.5. The smallest absolute Gasteiger partial charge is 0.425 e. The molecule has 0 radical (unpaired) electrons. The van der Waals surface area contributed by atoms with Crippen LogP contribution in [0.25, 0.3) is 0 Å². The molecule has 0 atom stereocenters. The van der Waals surface area contributed by atoms with E-state index in [2.05, 4.69) is 4.99 Å². The zero-order chi connectivity index (χ0) is 18.2. The Hall–Kier alpha value is -1.96. The molecule has 3 rings (SSSR count). The molecule has 6 nitrogen and oxygen atoms in total. The number of hydrogen-bond acceptors (Lipinski definition) is 6. The Labute approximate surface area is 149 Å². The van der Waals surface area contributed by atoms with Gasteiger partial charge in [0.2, 0.25) is 0 Å². The molecular formula is C15H11Cl2NO5S. The van der Waals surface area contributed by atoms with Crippen molar-refractivity contribution in [3.05, 3.63) is 45.5 Å². The molecule has 1 aliphatic heterocycles. The molecule has 0 spiro atoms. The van der Waals surface area contributed by atoms with Gasteiger partial charge in [-0.3, -0.25) is 4.79 Å². The lowest BCUT2D eigenvalue weighted by Gasteiger charge is -2.35. The second-order valence-electron chi connectivity index (χ2n) is 5.53. The first-order valence-electron chi connectivity index (χ1n) is 6.57. The molecule has 0 aromatic heterocycles. The lowest BCUT2D eigenvalue weighted by Crippen LogP contribution is -2.30. The third-order valence-corrected chi connectivity index (χ3v) is 4.34. The molecule has 1 heterocycles. The van der Waals surface area contributed by atoms with E-state index in [-0.39, 0.29) is 21.6 Å². The molecule has 0 amide bonds. The summed E-state index contributed by atoms with van der Waals surface area (Å²) in [5.74, 6) is -0.234. The third-order valence-electron chi connectivity index (χ3n) is 3.68. The fourth-order valence-electron chi connectivity index (χ4n) is 2.66. The van der Waals surface area contributed by atoms with E-state index >= 15 is 0 Å². The van der Waals surface area contributed by atoms with Gasteiger partial charge in [0, 0.05) is 11.0 Å². The Balaban J connectivity index is 0.000000471. The van der Waals surface area contributed by atoms with Gasteiger partial charge in [-0.05, 0) is 29.9 Å². The molecular weight excluding hydrogens is 377 g/mol. The van der Waals surface area contributed by atoms with Gasteiger partial charge in [0.1, 0.15) is 0 Å². The minimum Gasteiger partial charge on any atom is -0.505 e. The number of hydrogen-bond donors (Lipinski definition) is 1. The van der Waals surface area contributed by atoms with Gasteiger partial charge in [0.05, 0.1) is 21.4 Å². The molecule has 0 unspecified atom stereocenters. The second kappa shape index (κ2) is 6.51. The molecule has 1 N–H and O–H groups in total. The molecule has 0 bridgehead atoms. The topological polar surface area (TPSA) is 101 Å². The van der Waals surface area contributed by atoms with Crippen molar-refractivity contribution in [2.24, 2.45) is 4.99 Å². The van der Waals surface area contributed by atoms with Crippen molar-refractivity contribution in [2.45, 2.75) is 19.3 Å². The second-order valence-corrected chi connectivity index (χ2v) is 6.73. The average molecular weight is 388 g/mol. The summed E-state index contributed by atoms with van der Waals surface area (Å²) in [4.78, 5) is 16.1. The number of halogens is 2. The van der Waals surface area contributed by atoms with Crippen LogP contribution < -0.4 is 0 Å². The van der Waals surface area contributed by atoms with Crippen molar-refractivity contribution in [3.63, 3.8) is 0 Å². The number of phenols is 1. The fraction of sp³-hybridized carbons (Fsp3) is 0.200. The number of nitrogens with zero attached hydrogens (tertiary/aromatic N) is 1. The number of aromatic hydroxyl groups is 1. The molecule has 1 aromatic carbocycles. The van der Waals surface area contributed by atoms with Gasteiger partial charge in [0.15, 0.2) is 11.5 Å². The van der Waals surface area contributed by atoms with Crippen LogP contribution in [-0.4, -0.2) is 29.2 Å². The number of carbonyl (C=O) groups excluding carboxylic acids is 1. The zero-order valence-corrected chi connectivity index (χ0v) is 14.8. The Bertz CT molecular complexity index is 937. The SMILES string of the molecule is CC1(C)C2=CC(=O)C=CC2=Nc2cc(Cl)c(O)c(Cl)c21.O=S(=O)=O. The highest BCUT2D eigenvalue weighted by Gasteiger charge is 2.38. The molecule has 24 heavy (non-hydrogen) atoms. The van der Waals surface area contributed by atoms with Crippen LogP contribution in [0.1, 0.15) is 19.4 Å². The minimum absolute atomic E-state index is 0.0789. The molecule has 2 aliphatic rings. The van der Waals surface area contributed by atoms with Crippen molar-refractivity contribution in [2.75, 3.05) is 0 Å². The molecule has 1 aliphatic carbocycles. The summed E-state index contributed by atoms with van der Waals surface area (Å²) in [5, 5.41) is 10.3. The summed E-state index contributed by atoms with van der Waals surface area (Å²) >= 11 is 12.2. The number of carbonyl (C=O) groups is 1. The van der Waals surface area contributed by atoms with E-state index in [1.54, 1.807) is 18.2 Å². The van der Waals surface area contributed by atoms with Crippen LogP contribution >= 0.6 is 23.2 Å². The van der Waals surface area contributed by atoms with Crippen molar-refractivity contribution in [1.29, 1.82) is 0 Å². The summed E-state index contributed by atoms with van der Waals surface area (Å²) < 4.78 is 25.3. The van der Waals surface area contributed by atoms with Gasteiger partial charge >= 0.3 is 10.6 Å². The maximum Gasteiger partial charge on any atom is 0.425 e. The molecule has 1 aromatic rings. The normalized spacial score (nSPS) is 16.9. The van der Waals surface area contributed by atoms with E-state index < -0.39 is 16.0 Å². The van der Waals surface area contributed by atoms with Crippen molar-refractivity contribution < 1.29 is 22.5 Å². The Morgan fingerprint density at radius 2 is 1.75 bits per heavy atom. The number of aliphatic imine (C=N–C) groups is 1. The molecule has 0 saturated heterocycles. The predicted octanol–water partition coefficient (Wildman–Crippen LogP) is 3.12. The first-order chi connectivity index (χ1) is 11.1. The molecule has 0 saturated carbocycles. The zero-order valence-electron chi connectivity index (χ0n) is 12.5. The highest BCUT2D eigenvalue weighted by molar-refractivity contribution is 7.59. The number of benzene rings is 1. The van der Waals surface area contributed by atoms with Crippen LogP contribution in [-0.2, 0) is 20.8 Å². The van der Waals surface area contributed by atoms with Crippen LogP contribution in [0, 0.1) is 0 Å². The van der Waals surface area contributed by atoms with Crippen LogP contribution in [0.3, 0.4) is 0 Å². The van der Waals surface area contributed by atoms with Crippen LogP contribution in [0.15, 0.2) is 34.9 Å². The summed E-state index contributed by atoms with van der Waals surface area (Å²) in [6.07, 6.45) is 4.73. The first kappa shape index (κ1) is 18.4. The molecule has 0 fully saturated rings. The van der Waals surface area contributed by atoms with Gasteiger partial charge in [-0.2, -0.15) is 0 Å². The Morgan fingerprint density at radius 3 is 2.33 bits per heavy atom. The summed E-state index contributed by atoms with van der Waals surface area (Å²) in [6, 6.07) is 1.59. The summed E-state index contributed by atoms with van der Waals surface area (Å²) in [5.41, 5.74) is 2.28. The monoisotopic (exact) mass is 387 g/mol. The Morgan fingerprint density at radius 1 is 1.17 bits per heavy atom. The van der Waals surface area contributed by atoms with Crippen LogP contribution in [0.2, 0.25) is 10.0 Å². The maximum atomic E-state index is 11.6. The lowest BCUT2D eigenvalue weighted by molar-refractivity contribution is -0.110. The van der Waals surface area contributed by atoms with Crippen LogP contribution in [0.5, 0.6) is 5.75 Å². The summed E-state index contributed by atoms with van der Waals surface area (Å²) in [6.45, 7) is 3.88. The van der Waals surface area contributed by atoms with Crippen molar-refractivity contribution in [3.8, 4) is 5.75 Å². The number of phenolic OH excluding ortho intramolecular Hbond substituents is 1. The van der Waals surface area contributed by atoms with E-state index in [0.29, 0.717) is 11.3 Å². The summed E-state index contributed by atoms with van der Waals surface area (Å²) in [7, 11) is -3.11. The quantitative estimate of drug-likeness (QED) is 0.689.